The van der Waals surface area contributed by atoms with Crippen LogP contribution in [0, 0.1) is 46.3 Å². The van der Waals surface area contributed by atoms with Gasteiger partial charge in [0.15, 0.2) is 0 Å². The summed E-state index contributed by atoms with van der Waals surface area (Å²) < 4.78 is 0. The first-order chi connectivity index (χ1) is 12.3. The molecule has 0 aromatic carbocycles. The first-order valence-corrected chi connectivity index (χ1v) is 11.5. The van der Waals surface area contributed by atoms with Crippen LogP contribution in [0.4, 0.5) is 0 Å². The third-order valence-corrected chi connectivity index (χ3v) is 10.0. The van der Waals surface area contributed by atoms with Crippen molar-refractivity contribution in [3.05, 3.63) is 0 Å². The minimum atomic E-state index is -0.250. The average molecular weight is 361 g/mol. The van der Waals surface area contributed by atoms with E-state index in [-0.39, 0.29) is 17.4 Å². The van der Waals surface area contributed by atoms with Gasteiger partial charge in [0.2, 0.25) is 0 Å². The zero-order chi connectivity index (χ0) is 18.7. The van der Waals surface area contributed by atoms with Crippen molar-refractivity contribution in [2.24, 2.45) is 46.3 Å². The van der Waals surface area contributed by atoms with Crippen molar-refractivity contribution in [1.82, 2.24) is 0 Å². The summed E-state index contributed by atoms with van der Waals surface area (Å²) in [7, 11) is 0. The first kappa shape index (κ1) is 19.0. The predicted octanol–water partition coefficient (Wildman–Crippen LogP) is 5.62. The van der Waals surface area contributed by atoms with Crippen molar-refractivity contribution in [2.75, 3.05) is 0 Å². The second-order valence-corrected chi connectivity index (χ2v) is 11.0. The summed E-state index contributed by atoms with van der Waals surface area (Å²) in [5.74, 6) is 4.57. The Labute approximate surface area is 160 Å². The molecule has 1 N–H and O–H groups in total. The number of ketones is 1. The fourth-order valence-corrected chi connectivity index (χ4v) is 8.72. The van der Waals surface area contributed by atoms with Crippen LogP contribution >= 0.6 is 0 Å². The van der Waals surface area contributed by atoms with E-state index < -0.39 is 0 Å². The Balaban J connectivity index is 1.60. The summed E-state index contributed by atoms with van der Waals surface area (Å²) in [6.45, 7) is 9.85. The molecule has 4 rings (SSSR count). The summed E-state index contributed by atoms with van der Waals surface area (Å²) >= 11 is 0. The summed E-state index contributed by atoms with van der Waals surface area (Å²) in [5, 5.41) is 11.0. The van der Waals surface area contributed by atoms with Gasteiger partial charge in [-0.2, -0.15) is 0 Å². The number of aliphatic hydroxyl groups is 1. The second kappa shape index (κ2) is 6.61. The van der Waals surface area contributed by atoms with E-state index in [2.05, 4.69) is 27.7 Å². The molecule has 0 aromatic rings. The van der Waals surface area contributed by atoms with Crippen molar-refractivity contribution in [2.45, 2.75) is 98.0 Å². The van der Waals surface area contributed by atoms with Gasteiger partial charge in [0.25, 0.3) is 0 Å². The molecule has 26 heavy (non-hydrogen) atoms. The molecule has 0 aliphatic heterocycles. The first-order valence-electron chi connectivity index (χ1n) is 11.5. The van der Waals surface area contributed by atoms with Crippen LogP contribution in [0.1, 0.15) is 91.9 Å². The summed E-state index contributed by atoms with van der Waals surface area (Å²) in [4.78, 5) is 12.1. The number of rotatable bonds is 3. The van der Waals surface area contributed by atoms with E-state index in [9.17, 15) is 9.90 Å². The fourth-order valence-electron chi connectivity index (χ4n) is 8.72. The molecule has 0 aromatic heterocycles. The minimum Gasteiger partial charge on any atom is -0.393 e. The lowest BCUT2D eigenvalue weighted by atomic mass is 9.44. The van der Waals surface area contributed by atoms with Gasteiger partial charge in [-0.05, 0) is 84.9 Å². The maximum atomic E-state index is 12.1. The molecule has 0 bridgehead atoms. The third-order valence-electron chi connectivity index (χ3n) is 10.0. The number of fused-ring (bicyclic) bond motifs is 5. The van der Waals surface area contributed by atoms with Gasteiger partial charge in [0, 0.05) is 12.8 Å². The lowest BCUT2D eigenvalue weighted by Gasteiger charge is -2.61. The Morgan fingerprint density at radius 3 is 2.54 bits per heavy atom. The van der Waals surface area contributed by atoms with Crippen LogP contribution in [0.2, 0.25) is 0 Å². The molecule has 0 heterocycles. The Hall–Kier alpha value is -0.370. The van der Waals surface area contributed by atoms with Gasteiger partial charge in [-0.15, -0.1) is 0 Å². The van der Waals surface area contributed by atoms with E-state index >= 15 is 0 Å². The minimum absolute atomic E-state index is 0.199. The molecule has 148 valence electrons. The van der Waals surface area contributed by atoms with Crippen LogP contribution in [-0.4, -0.2) is 17.0 Å². The van der Waals surface area contributed by atoms with Crippen LogP contribution in [0.3, 0.4) is 0 Å². The van der Waals surface area contributed by atoms with Gasteiger partial charge in [-0.1, -0.05) is 40.5 Å². The third kappa shape index (κ3) is 2.65. The maximum Gasteiger partial charge on any atom is 0.133 e. The monoisotopic (exact) mass is 360 g/mol. The van der Waals surface area contributed by atoms with Crippen LogP contribution in [0.5, 0.6) is 0 Å². The van der Waals surface area contributed by atoms with Crippen molar-refractivity contribution in [3.8, 4) is 0 Å². The molecule has 4 saturated carbocycles. The van der Waals surface area contributed by atoms with Crippen LogP contribution in [-0.2, 0) is 4.79 Å². The number of Topliss-reactive ketones (excluding diaryl/α,β-unsaturated/α-hetero) is 1. The molecule has 4 aliphatic carbocycles. The Morgan fingerprint density at radius 2 is 1.81 bits per heavy atom. The van der Waals surface area contributed by atoms with Crippen LogP contribution in [0.25, 0.3) is 0 Å². The molecule has 9 unspecified atom stereocenters. The number of hydrogen-bond donors (Lipinski definition) is 1. The highest BCUT2D eigenvalue weighted by Gasteiger charge is 2.62. The van der Waals surface area contributed by atoms with Crippen LogP contribution in [0.15, 0.2) is 0 Å². The van der Waals surface area contributed by atoms with Gasteiger partial charge in [-0.3, -0.25) is 4.79 Å². The van der Waals surface area contributed by atoms with Gasteiger partial charge >= 0.3 is 0 Å². The molecular formula is C24H40O2. The van der Waals surface area contributed by atoms with E-state index in [1.165, 1.54) is 38.5 Å². The van der Waals surface area contributed by atoms with Gasteiger partial charge in [0.05, 0.1) is 6.10 Å². The highest BCUT2D eigenvalue weighted by Crippen LogP contribution is 2.68. The molecular weight excluding hydrogens is 320 g/mol. The molecule has 9 atom stereocenters. The SMILES string of the molecule is CCCC(C)C1CCC2C3CC(O)C4CC(=O)CCC4(C)C3CCC12C. The number of carbonyl (C=O) groups excluding carboxylic acids is 1. The lowest BCUT2D eigenvalue weighted by molar-refractivity contribution is -0.166. The van der Waals surface area contributed by atoms with E-state index in [1.807, 2.05) is 0 Å². The average Bonchev–Trinajstić information content (AvgIpc) is 2.94. The Kier molecular flexibility index (Phi) is 4.82. The van der Waals surface area contributed by atoms with E-state index in [0.29, 0.717) is 23.5 Å². The van der Waals surface area contributed by atoms with Gasteiger partial charge in [0.1, 0.15) is 5.78 Å². The van der Waals surface area contributed by atoms with E-state index in [4.69, 9.17) is 0 Å². The van der Waals surface area contributed by atoms with Crippen molar-refractivity contribution in [3.63, 3.8) is 0 Å². The van der Waals surface area contributed by atoms with Crippen molar-refractivity contribution < 1.29 is 9.90 Å². The molecule has 0 radical (unpaired) electrons. The quantitative estimate of drug-likeness (QED) is 0.709. The largest absolute Gasteiger partial charge is 0.393 e. The number of carbonyl (C=O) groups is 1. The zero-order valence-electron chi connectivity index (χ0n) is 17.5. The zero-order valence-corrected chi connectivity index (χ0v) is 17.5. The molecule has 4 aliphatic rings. The standard InChI is InChI=1S/C24H40O2/c1-5-6-15(2)18-7-8-19-17-14-22(26)21-13-16(25)9-11-24(21,4)20(17)10-12-23(18,19)3/h15,17-22,26H,5-14H2,1-4H3. The van der Waals surface area contributed by atoms with Gasteiger partial charge in [-0.25, -0.2) is 0 Å². The second-order valence-electron chi connectivity index (χ2n) is 11.0. The van der Waals surface area contributed by atoms with E-state index in [1.54, 1.807) is 0 Å². The molecule has 4 fully saturated rings. The predicted molar refractivity (Wildman–Crippen MR) is 106 cm³/mol. The molecule has 0 spiro atoms. The van der Waals surface area contributed by atoms with Crippen LogP contribution < -0.4 is 0 Å². The summed E-state index contributed by atoms with van der Waals surface area (Å²) in [5.41, 5.74) is 0.688. The lowest BCUT2D eigenvalue weighted by Crippen LogP contribution is -2.58. The Morgan fingerprint density at radius 1 is 1.08 bits per heavy atom. The summed E-state index contributed by atoms with van der Waals surface area (Å²) in [6.07, 6.45) is 11.3. The smallest absolute Gasteiger partial charge is 0.133 e. The normalized spacial score (nSPS) is 52.1. The fraction of sp³-hybridized carbons (Fsp3) is 0.958. The topological polar surface area (TPSA) is 37.3 Å². The van der Waals surface area contributed by atoms with Gasteiger partial charge < -0.3 is 5.11 Å². The maximum absolute atomic E-state index is 12.1. The summed E-state index contributed by atoms with van der Waals surface area (Å²) in [6, 6.07) is 0. The number of hydrogen-bond acceptors (Lipinski definition) is 2. The molecule has 2 heteroatoms. The molecule has 0 amide bonds. The highest BCUT2D eigenvalue weighted by atomic mass is 16.3. The highest BCUT2D eigenvalue weighted by molar-refractivity contribution is 5.79. The number of aliphatic hydroxyl groups excluding tert-OH is 1. The van der Waals surface area contributed by atoms with E-state index in [0.717, 1.165) is 42.9 Å². The van der Waals surface area contributed by atoms with Crippen molar-refractivity contribution >= 4 is 5.78 Å². The molecule has 2 nitrogen and oxygen atoms in total. The molecule has 0 saturated heterocycles. The van der Waals surface area contributed by atoms with Crippen molar-refractivity contribution in [1.29, 1.82) is 0 Å². The Bertz CT molecular complexity index is 556.